The van der Waals surface area contributed by atoms with E-state index in [9.17, 15) is 4.79 Å². The number of amides is 1. The van der Waals surface area contributed by atoms with Gasteiger partial charge in [-0.15, -0.1) is 0 Å². The number of likely N-dealkylation sites (tertiary alicyclic amines) is 1. The largest absolute Gasteiger partial charge is 0.468 e. The number of furan rings is 1. The van der Waals surface area contributed by atoms with Crippen LogP contribution >= 0.6 is 0 Å². The molecule has 2 rings (SSSR count). The first-order valence-electron chi connectivity index (χ1n) is 11.3. The second-order valence-corrected chi connectivity index (χ2v) is 9.37. The number of likely N-dealkylation sites (N-methyl/N-ethyl adjacent to an activating group) is 1. The molecule has 1 aromatic heterocycles. The highest BCUT2D eigenvalue weighted by molar-refractivity contribution is 5.80. The lowest BCUT2D eigenvalue weighted by molar-refractivity contribution is 0.0214. The molecule has 1 atom stereocenters. The number of piperidine rings is 1. The molecule has 2 heterocycles. The first kappa shape index (κ1) is 25.0. The van der Waals surface area contributed by atoms with Gasteiger partial charge in [0.15, 0.2) is 5.96 Å². The van der Waals surface area contributed by atoms with Gasteiger partial charge in [0, 0.05) is 39.8 Å². The van der Waals surface area contributed by atoms with Gasteiger partial charge in [-0.05, 0) is 72.7 Å². The predicted molar refractivity (Wildman–Crippen MR) is 124 cm³/mol. The van der Waals surface area contributed by atoms with Crippen molar-refractivity contribution in [2.45, 2.75) is 52.2 Å². The van der Waals surface area contributed by atoms with Crippen LogP contribution in [-0.4, -0.2) is 86.2 Å². The molecule has 1 fully saturated rings. The molecular formula is C23H41N5O3. The zero-order valence-electron chi connectivity index (χ0n) is 20.4. The molecule has 31 heavy (non-hydrogen) atoms. The molecule has 1 aliphatic rings. The number of rotatable bonds is 7. The van der Waals surface area contributed by atoms with Crippen LogP contribution in [0, 0.1) is 5.92 Å². The van der Waals surface area contributed by atoms with E-state index in [0.29, 0.717) is 12.5 Å². The lowest BCUT2D eigenvalue weighted by Crippen LogP contribution is -2.49. The van der Waals surface area contributed by atoms with Gasteiger partial charge in [-0.25, -0.2) is 4.79 Å². The van der Waals surface area contributed by atoms with Gasteiger partial charge in [0.1, 0.15) is 11.4 Å². The Balaban J connectivity index is 1.85. The number of nitrogens with one attached hydrogen (secondary N) is 1. The minimum absolute atomic E-state index is 0.135. The highest BCUT2D eigenvalue weighted by Crippen LogP contribution is 2.21. The molecule has 0 radical (unpaired) electrons. The van der Waals surface area contributed by atoms with E-state index in [4.69, 9.17) is 9.15 Å². The van der Waals surface area contributed by atoms with Crippen molar-refractivity contribution in [3.8, 4) is 0 Å². The lowest BCUT2D eigenvalue weighted by atomic mass is 9.96. The van der Waals surface area contributed by atoms with Crippen molar-refractivity contribution in [1.29, 1.82) is 0 Å². The second kappa shape index (κ2) is 11.4. The van der Waals surface area contributed by atoms with Gasteiger partial charge in [-0.1, -0.05) is 0 Å². The summed E-state index contributed by atoms with van der Waals surface area (Å²) in [7, 11) is 5.92. The molecule has 1 saturated heterocycles. The quantitative estimate of drug-likeness (QED) is 0.523. The molecule has 8 nitrogen and oxygen atoms in total. The van der Waals surface area contributed by atoms with E-state index in [1.165, 1.54) is 0 Å². The second-order valence-electron chi connectivity index (χ2n) is 9.37. The van der Waals surface area contributed by atoms with Crippen LogP contribution in [0.3, 0.4) is 0 Å². The van der Waals surface area contributed by atoms with Crippen molar-refractivity contribution in [2.24, 2.45) is 10.9 Å². The Hall–Kier alpha value is -2.22. The number of ether oxygens (including phenoxy) is 1. The SMILES string of the molecule is CCN(CC1CCN(C(=NC)NCC(c2ccco2)N(C)C)CC1)C(=O)OC(C)(C)C. The lowest BCUT2D eigenvalue weighted by Gasteiger charge is -2.37. The Morgan fingerprint density at radius 2 is 2.03 bits per heavy atom. The highest BCUT2D eigenvalue weighted by Gasteiger charge is 2.27. The fourth-order valence-corrected chi connectivity index (χ4v) is 3.84. The Kier molecular flexibility index (Phi) is 9.22. The normalized spacial score (nSPS) is 17.0. The van der Waals surface area contributed by atoms with Crippen LogP contribution in [0.2, 0.25) is 0 Å². The molecule has 1 N–H and O–H groups in total. The minimum atomic E-state index is -0.466. The van der Waals surface area contributed by atoms with E-state index in [1.54, 1.807) is 6.26 Å². The molecule has 0 bridgehead atoms. The van der Waals surface area contributed by atoms with E-state index >= 15 is 0 Å². The van der Waals surface area contributed by atoms with E-state index in [-0.39, 0.29) is 12.1 Å². The monoisotopic (exact) mass is 435 g/mol. The van der Waals surface area contributed by atoms with E-state index < -0.39 is 5.60 Å². The maximum Gasteiger partial charge on any atom is 0.410 e. The molecule has 0 aromatic carbocycles. The standard InChI is InChI=1S/C23H41N5O3/c1-8-27(22(29)31-23(2,3)4)17-18-11-13-28(14-12-18)21(24-5)25-16-19(26(6)7)20-10-9-15-30-20/h9-10,15,18-19H,8,11-14,16-17H2,1-7H3,(H,24,25). The van der Waals surface area contributed by atoms with Crippen LogP contribution in [0.5, 0.6) is 0 Å². The zero-order chi connectivity index (χ0) is 23.0. The first-order valence-corrected chi connectivity index (χ1v) is 11.3. The Labute approximate surface area is 187 Å². The van der Waals surface area contributed by atoms with Crippen LogP contribution in [0.15, 0.2) is 27.8 Å². The van der Waals surface area contributed by atoms with Crippen molar-refractivity contribution in [1.82, 2.24) is 20.0 Å². The average Bonchev–Trinajstić information content (AvgIpc) is 3.22. The summed E-state index contributed by atoms with van der Waals surface area (Å²) < 4.78 is 11.2. The number of hydrogen-bond donors (Lipinski definition) is 1. The molecule has 0 aliphatic carbocycles. The Bertz CT molecular complexity index is 689. The molecule has 1 unspecified atom stereocenters. The smallest absolute Gasteiger partial charge is 0.410 e. The summed E-state index contributed by atoms with van der Waals surface area (Å²) in [4.78, 5) is 23.2. The Morgan fingerprint density at radius 1 is 1.35 bits per heavy atom. The zero-order valence-corrected chi connectivity index (χ0v) is 20.4. The molecule has 1 amide bonds. The van der Waals surface area contributed by atoms with Crippen molar-refractivity contribution < 1.29 is 13.9 Å². The van der Waals surface area contributed by atoms with Crippen molar-refractivity contribution >= 4 is 12.1 Å². The first-order chi connectivity index (χ1) is 14.6. The molecule has 0 spiro atoms. The molecule has 0 saturated carbocycles. The third kappa shape index (κ3) is 7.76. The van der Waals surface area contributed by atoms with Gasteiger partial charge in [0.2, 0.25) is 0 Å². The molecule has 1 aliphatic heterocycles. The summed E-state index contributed by atoms with van der Waals surface area (Å²) in [5.41, 5.74) is -0.466. The fraction of sp³-hybridized carbons (Fsp3) is 0.739. The van der Waals surface area contributed by atoms with Gasteiger partial charge in [0.25, 0.3) is 0 Å². The van der Waals surface area contributed by atoms with Gasteiger partial charge in [-0.3, -0.25) is 9.89 Å². The summed E-state index contributed by atoms with van der Waals surface area (Å²) in [5, 5.41) is 3.51. The fourth-order valence-electron chi connectivity index (χ4n) is 3.84. The number of hydrogen-bond acceptors (Lipinski definition) is 5. The van der Waals surface area contributed by atoms with Crippen molar-refractivity contribution in [3.63, 3.8) is 0 Å². The Morgan fingerprint density at radius 3 is 2.52 bits per heavy atom. The van der Waals surface area contributed by atoms with Gasteiger partial charge < -0.3 is 24.3 Å². The number of guanidine groups is 1. The topological polar surface area (TPSA) is 73.5 Å². The van der Waals surface area contributed by atoms with Crippen LogP contribution in [-0.2, 0) is 4.74 Å². The van der Waals surface area contributed by atoms with Gasteiger partial charge in [-0.2, -0.15) is 0 Å². The molecular weight excluding hydrogens is 394 g/mol. The summed E-state index contributed by atoms with van der Waals surface area (Å²) in [6.07, 6.45) is 3.54. The van der Waals surface area contributed by atoms with Gasteiger partial charge >= 0.3 is 6.09 Å². The maximum atomic E-state index is 12.4. The third-order valence-electron chi connectivity index (χ3n) is 5.59. The van der Waals surface area contributed by atoms with Crippen LogP contribution < -0.4 is 5.32 Å². The van der Waals surface area contributed by atoms with E-state index in [1.807, 2.05) is 65.9 Å². The minimum Gasteiger partial charge on any atom is -0.468 e. The number of aliphatic imine (C=N–C) groups is 1. The highest BCUT2D eigenvalue weighted by atomic mass is 16.6. The predicted octanol–water partition coefficient (Wildman–Crippen LogP) is 3.43. The number of carbonyl (C=O) groups excluding carboxylic acids is 1. The van der Waals surface area contributed by atoms with Crippen molar-refractivity contribution in [3.05, 3.63) is 24.2 Å². The maximum absolute atomic E-state index is 12.4. The van der Waals surface area contributed by atoms with Crippen LogP contribution in [0.1, 0.15) is 52.3 Å². The van der Waals surface area contributed by atoms with Crippen LogP contribution in [0.4, 0.5) is 4.79 Å². The third-order valence-corrected chi connectivity index (χ3v) is 5.59. The number of carbonyl (C=O) groups is 1. The molecule has 176 valence electrons. The van der Waals surface area contributed by atoms with E-state index in [2.05, 4.69) is 20.1 Å². The van der Waals surface area contributed by atoms with Crippen LogP contribution in [0.25, 0.3) is 0 Å². The van der Waals surface area contributed by atoms with E-state index in [0.717, 1.165) is 50.7 Å². The molecule has 1 aromatic rings. The summed E-state index contributed by atoms with van der Waals surface area (Å²) in [5.74, 6) is 2.32. The summed E-state index contributed by atoms with van der Waals surface area (Å²) in [6.45, 7) is 11.7. The summed E-state index contributed by atoms with van der Waals surface area (Å²) >= 11 is 0. The van der Waals surface area contributed by atoms with Crippen molar-refractivity contribution in [2.75, 3.05) is 53.9 Å². The molecule has 8 heteroatoms. The number of nitrogens with zero attached hydrogens (tertiary/aromatic N) is 4. The van der Waals surface area contributed by atoms with Gasteiger partial charge in [0.05, 0.1) is 12.3 Å². The summed E-state index contributed by atoms with van der Waals surface area (Å²) in [6, 6.07) is 4.06. The average molecular weight is 436 g/mol.